The maximum atomic E-state index is 5.83. The number of alkyl halides is 1. The molecule has 2 rings (SSSR count). The monoisotopic (exact) mass is 238 g/mol. The van der Waals surface area contributed by atoms with E-state index >= 15 is 0 Å². The Morgan fingerprint density at radius 2 is 2.31 bits per heavy atom. The van der Waals surface area contributed by atoms with Crippen LogP contribution in [-0.4, -0.2) is 17.6 Å². The van der Waals surface area contributed by atoms with E-state index in [9.17, 15) is 0 Å². The number of nitrogens with zero attached hydrogens (tertiary/aromatic N) is 2. The van der Waals surface area contributed by atoms with Crippen LogP contribution in [0.3, 0.4) is 0 Å². The van der Waals surface area contributed by atoms with Gasteiger partial charge in [-0.25, -0.2) is 0 Å². The third kappa shape index (κ3) is 2.67. The molecule has 1 aromatic rings. The molecule has 2 nitrogen and oxygen atoms in total. The van der Waals surface area contributed by atoms with Crippen LogP contribution in [-0.2, 0) is 5.88 Å². The van der Waals surface area contributed by atoms with Gasteiger partial charge in [0.1, 0.15) is 0 Å². The molecule has 0 N–H and O–H groups in total. The Morgan fingerprint density at radius 1 is 1.44 bits per heavy atom. The topological polar surface area (TPSA) is 16.1 Å². The van der Waals surface area contributed by atoms with Gasteiger partial charge in [-0.2, -0.15) is 0 Å². The molecule has 1 aliphatic heterocycles. The Hall–Kier alpha value is -0.760. The first-order chi connectivity index (χ1) is 7.81. The van der Waals surface area contributed by atoms with E-state index in [0.29, 0.717) is 11.9 Å². The van der Waals surface area contributed by atoms with Crippen LogP contribution in [0.15, 0.2) is 18.3 Å². The lowest BCUT2D eigenvalue weighted by atomic mass is 10.1. The van der Waals surface area contributed by atoms with Crippen molar-refractivity contribution in [2.75, 3.05) is 11.4 Å². The number of hydrogen-bond acceptors (Lipinski definition) is 2. The zero-order valence-electron chi connectivity index (χ0n) is 9.82. The number of hydrogen-bond donors (Lipinski definition) is 0. The third-order valence-electron chi connectivity index (χ3n) is 3.32. The van der Waals surface area contributed by atoms with E-state index in [2.05, 4.69) is 28.9 Å². The fourth-order valence-electron chi connectivity index (χ4n) is 2.38. The Balaban J connectivity index is 2.19. The number of pyridine rings is 1. The molecule has 0 amide bonds. The van der Waals surface area contributed by atoms with Gasteiger partial charge in [-0.3, -0.25) is 4.98 Å². The molecule has 0 spiro atoms. The van der Waals surface area contributed by atoms with Gasteiger partial charge in [-0.15, -0.1) is 11.6 Å². The van der Waals surface area contributed by atoms with Crippen molar-refractivity contribution in [3.8, 4) is 0 Å². The van der Waals surface area contributed by atoms with Crippen molar-refractivity contribution in [1.82, 2.24) is 4.98 Å². The molecule has 88 valence electrons. The minimum atomic E-state index is 0.496. The highest BCUT2D eigenvalue weighted by Crippen LogP contribution is 2.24. The van der Waals surface area contributed by atoms with Crippen LogP contribution < -0.4 is 4.90 Å². The van der Waals surface area contributed by atoms with Crippen molar-refractivity contribution < 1.29 is 0 Å². The molecule has 1 saturated heterocycles. The van der Waals surface area contributed by atoms with Crippen LogP contribution in [0.5, 0.6) is 0 Å². The lowest BCUT2D eigenvalue weighted by Crippen LogP contribution is -2.32. The zero-order chi connectivity index (χ0) is 11.4. The van der Waals surface area contributed by atoms with E-state index in [1.54, 1.807) is 0 Å². The standard InChI is InChI=1S/C13H19ClN2/c1-11-5-3-2-4-8-16(11)13-6-7-15-12(9-13)10-14/h6-7,9,11H,2-5,8,10H2,1H3. The molecule has 2 heterocycles. The molecule has 0 bridgehead atoms. The molecule has 0 aliphatic carbocycles. The lowest BCUT2D eigenvalue weighted by Gasteiger charge is -2.29. The van der Waals surface area contributed by atoms with Gasteiger partial charge in [0.25, 0.3) is 0 Å². The first-order valence-corrected chi connectivity index (χ1v) is 6.62. The molecular weight excluding hydrogens is 220 g/mol. The van der Waals surface area contributed by atoms with Gasteiger partial charge in [-0.1, -0.05) is 12.8 Å². The summed E-state index contributed by atoms with van der Waals surface area (Å²) >= 11 is 5.83. The van der Waals surface area contributed by atoms with E-state index in [-0.39, 0.29) is 0 Å². The van der Waals surface area contributed by atoms with Crippen LogP contribution in [0.1, 0.15) is 38.3 Å². The molecule has 0 saturated carbocycles. The van der Waals surface area contributed by atoms with E-state index in [1.165, 1.54) is 31.4 Å². The second-order valence-corrected chi connectivity index (χ2v) is 4.80. The quantitative estimate of drug-likeness (QED) is 0.732. The maximum absolute atomic E-state index is 5.83. The second-order valence-electron chi connectivity index (χ2n) is 4.53. The number of halogens is 1. The predicted molar refractivity (Wildman–Crippen MR) is 69.1 cm³/mol. The molecule has 1 atom stereocenters. The van der Waals surface area contributed by atoms with Crippen molar-refractivity contribution >= 4 is 17.3 Å². The van der Waals surface area contributed by atoms with Crippen LogP contribution in [0, 0.1) is 0 Å². The summed E-state index contributed by atoms with van der Waals surface area (Å²) in [7, 11) is 0. The van der Waals surface area contributed by atoms with E-state index in [0.717, 1.165) is 12.2 Å². The average molecular weight is 239 g/mol. The van der Waals surface area contributed by atoms with Crippen molar-refractivity contribution in [2.24, 2.45) is 0 Å². The van der Waals surface area contributed by atoms with Gasteiger partial charge in [0.2, 0.25) is 0 Å². The lowest BCUT2D eigenvalue weighted by molar-refractivity contribution is 0.616. The molecule has 1 aromatic heterocycles. The first kappa shape index (κ1) is 11.7. The first-order valence-electron chi connectivity index (χ1n) is 6.09. The summed E-state index contributed by atoms with van der Waals surface area (Å²) in [5, 5.41) is 0. The second kappa shape index (κ2) is 5.53. The molecule has 0 aromatic carbocycles. The van der Waals surface area contributed by atoms with Gasteiger partial charge in [-0.05, 0) is 31.9 Å². The Labute approximate surface area is 103 Å². The van der Waals surface area contributed by atoms with Crippen LogP contribution in [0.2, 0.25) is 0 Å². The van der Waals surface area contributed by atoms with Crippen LogP contribution in [0.25, 0.3) is 0 Å². The number of anilines is 1. The molecule has 1 aliphatic rings. The summed E-state index contributed by atoms with van der Waals surface area (Å²) in [6.45, 7) is 3.47. The smallest absolute Gasteiger partial charge is 0.0648 e. The van der Waals surface area contributed by atoms with Crippen molar-refractivity contribution in [3.63, 3.8) is 0 Å². The highest BCUT2D eigenvalue weighted by atomic mass is 35.5. The zero-order valence-corrected chi connectivity index (χ0v) is 10.6. The Kier molecular flexibility index (Phi) is 4.05. The molecule has 1 fully saturated rings. The highest BCUT2D eigenvalue weighted by molar-refractivity contribution is 6.16. The van der Waals surface area contributed by atoms with E-state index < -0.39 is 0 Å². The minimum absolute atomic E-state index is 0.496. The van der Waals surface area contributed by atoms with Gasteiger partial charge >= 0.3 is 0 Å². The molecule has 0 radical (unpaired) electrons. The largest absolute Gasteiger partial charge is 0.369 e. The van der Waals surface area contributed by atoms with E-state index in [4.69, 9.17) is 11.6 Å². The molecule has 3 heteroatoms. The third-order valence-corrected chi connectivity index (χ3v) is 3.60. The normalized spacial score (nSPS) is 21.9. The summed E-state index contributed by atoms with van der Waals surface area (Å²) in [4.78, 5) is 6.73. The molecule has 1 unspecified atom stereocenters. The van der Waals surface area contributed by atoms with Gasteiger partial charge in [0, 0.05) is 24.5 Å². The SMILES string of the molecule is CC1CCCCCN1c1ccnc(CCl)c1. The predicted octanol–water partition coefficient (Wildman–Crippen LogP) is 3.59. The Bertz CT molecular complexity index is 340. The van der Waals surface area contributed by atoms with Crippen LogP contribution >= 0.6 is 11.6 Å². The fourth-order valence-corrected chi connectivity index (χ4v) is 2.52. The fraction of sp³-hybridized carbons (Fsp3) is 0.615. The summed E-state index contributed by atoms with van der Waals surface area (Å²) in [5.74, 6) is 0.496. The van der Waals surface area contributed by atoms with Crippen molar-refractivity contribution in [2.45, 2.75) is 44.5 Å². The molecular formula is C13H19ClN2. The van der Waals surface area contributed by atoms with Gasteiger partial charge < -0.3 is 4.90 Å². The average Bonchev–Trinajstić information content (AvgIpc) is 2.54. The summed E-state index contributed by atoms with van der Waals surface area (Å²) in [5.41, 5.74) is 2.25. The summed E-state index contributed by atoms with van der Waals surface area (Å²) < 4.78 is 0. The van der Waals surface area contributed by atoms with E-state index in [1.807, 2.05) is 6.20 Å². The van der Waals surface area contributed by atoms with Crippen LogP contribution in [0.4, 0.5) is 5.69 Å². The number of rotatable bonds is 2. The molecule has 16 heavy (non-hydrogen) atoms. The summed E-state index contributed by atoms with van der Waals surface area (Å²) in [6.07, 6.45) is 7.16. The Morgan fingerprint density at radius 3 is 3.12 bits per heavy atom. The van der Waals surface area contributed by atoms with Crippen molar-refractivity contribution in [3.05, 3.63) is 24.0 Å². The van der Waals surface area contributed by atoms with Gasteiger partial charge in [0.15, 0.2) is 0 Å². The number of aromatic nitrogens is 1. The maximum Gasteiger partial charge on any atom is 0.0648 e. The van der Waals surface area contributed by atoms with Gasteiger partial charge in [0.05, 0.1) is 11.6 Å². The minimum Gasteiger partial charge on any atom is -0.369 e. The summed E-state index contributed by atoms with van der Waals surface area (Å²) in [6, 6.07) is 4.85. The van der Waals surface area contributed by atoms with Crippen molar-refractivity contribution in [1.29, 1.82) is 0 Å². The highest BCUT2D eigenvalue weighted by Gasteiger charge is 2.17.